The molecule has 0 aromatic carbocycles. The van der Waals surface area contributed by atoms with E-state index in [1.54, 1.807) is 0 Å². The summed E-state index contributed by atoms with van der Waals surface area (Å²) in [6.07, 6.45) is -0.762. The highest BCUT2D eigenvalue weighted by atomic mass is 16.4. The first kappa shape index (κ1) is 32.0. The van der Waals surface area contributed by atoms with Crippen LogP contribution in [0.4, 0.5) is 0 Å². The van der Waals surface area contributed by atoms with Gasteiger partial charge in [0.15, 0.2) is 5.96 Å². The number of aliphatic hydroxyl groups is 1. The monoisotopic (exact) mass is 517 g/mol. The first-order chi connectivity index (χ1) is 16.8. The lowest BCUT2D eigenvalue weighted by atomic mass is 10.1. The zero-order valence-corrected chi connectivity index (χ0v) is 19.6. The number of nitrogens with two attached hydrogens (primary N) is 5. The van der Waals surface area contributed by atoms with Gasteiger partial charge in [-0.25, -0.2) is 4.79 Å². The average molecular weight is 518 g/mol. The fourth-order valence-electron chi connectivity index (χ4n) is 2.76. The minimum atomic E-state index is -1.55. The highest BCUT2D eigenvalue weighted by molar-refractivity contribution is 5.94. The topological polar surface area (TPSA) is 321 Å². The van der Waals surface area contributed by atoms with Gasteiger partial charge >= 0.3 is 5.97 Å². The second-order valence-corrected chi connectivity index (χ2v) is 7.77. The smallest absolute Gasteiger partial charge is 0.326 e. The molecule has 0 bridgehead atoms. The van der Waals surface area contributed by atoms with Crippen molar-refractivity contribution in [3.63, 3.8) is 0 Å². The molecule has 0 spiro atoms. The molecule has 4 atom stereocenters. The van der Waals surface area contributed by atoms with Crippen LogP contribution in [0, 0.1) is 0 Å². The minimum Gasteiger partial charge on any atom is -0.480 e. The maximum Gasteiger partial charge on any atom is 0.326 e. The summed E-state index contributed by atoms with van der Waals surface area (Å²) >= 11 is 0. The lowest BCUT2D eigenvalue weighted by Gasteiger charge is -2.24. The summed E-state index contributed by atoms with van der Waals surface area (Å²) < 4.78 is 0. The fourth-order valence-corrected chi connectivity index (χ4v) is 2.76. The Bertz CT molecular complexity index is 832. The van der Waals surface area contributed by atoms with E-state index in [0.717, 1.165) is 0 Å². The van der Waals surface area contributed by atoms with Crippen molar-refractivity contribution in [1.29, 1.82) is 0 Å². The lowest BCUT2D eigenvalue weighted by molar-refractivity contribution is -0.142. The Hall–Kier alpha value is -3.99. The summed E-state index contributed by atoms with van der Waals surface area (Å²) in [6.45, 7) is -0.768. The number of carbonyl (C=O) groups excluding carboxylic acids is 5. The molecule has 0 heterocycles. The van der Waals surface area contributed by atoms with Crippen LogP contribution in [-0.2, 0) is 28.8 Å². The summed E-state index contributed by atoms with van der Waals surface area (Å²) in [5.74, 6) is -5.85. The van der Waals surface area contributed by atoms with Gasteiger partial charge in [-0.3, -0.25) is 29.0 Å². The summed E-state index contributed by atoms with van der Waals surface area (Å²) in [7, 11) is 0. The third-order valence-corrected chi connectivity index (χ3v) is 4.73. The number of carbonyl (C=O) groups is 6. The zero-order valence-electron chi connectivity index (χ0n) is 19.6. The van der Waals surface area contributed by atoms with Gasteiger partial charge in [0, 0.05) is 19.4 Å². The number of nitrogens with one attached hydrogen (secondary N) is 3. The van der Waals surface area contributed by atoms with E-state index in [1.165, 1.54) is 0 Å². The first-order valence-electron chi connectivity index (χ1n) is 10.9. The number of carboxylic acids is 1. The van der Waals surface area contributed by atoms with E-state index >= 15 is 0 Å². The number of aliphatic imine (C=N–C) groups is 1. The first-order valence-corrected chi connectivity index (χ1v) is 10.9. The van der Waals surface area contributed by atoms with Crippen LogP contribution in [0.1, 0.15) is 38.5 Å². The normalized spacial score (nSPS) is 13.8. The number of primary amides is 2. The Morgan fingerprint density at radius 1 is 0.722 bits per heavy atom. The number of rotatable bonds is 18. The summed E-state index contributed by atoms with van der Waals surface area (Å²) in [5, 5.41) is 25.6. The van der Waals surface area contributed by atoms with Crippen molar-refractivity contribution in [3.05, 3.63) is 0 Å². The van der Waals surface area contributed by atoms with Crippen molar-refractivity contribution < 1.29 is 39.0 Å². The number of amides is 5. The predicted octanol–water partition coefficient (Wildman–Crippen LogP) is -5.57. The number of hydrogen-bond acceptors (Lipinski definition) is 9. The van der Waals surface area contributed by atoms with Gasteiger partial charge in [-0.05, 0) is 25.7 Å². The molecule has 0 saturated carbocycles. The van der Waals surface area contributed by atoms with Crippen molar-refractivity contribution in [2.75, 3.05) is 13.2 Å². The van der Waals surface area contributed by atoms with Gasteiger partial charge < -0.3 is 54.8 Å². The Morgan fingerprint density at radius 3 is 1.72 bits per heavy atom. The third-order valence-electron chi connectivity index (χ3n) is 4.73. The van der Waals surface area contributed by atoms with E-state index in [2.05, 4.69) is 20.9 Å². The van der Waals surface area contributed by atoms with E-state index < -0.39 is 66.3 Å². The van der Waals surface area contributed by atoms with Crippen LogP contribution in [-0.4, -0.2) is 89.0 Å². The molecule has 5 amide bonds. The molecule has 0 radical (unpaired) electrons. The number of aliphatic carboxylic acids is 1. The predicted molar refractivity (Wildman–Crippen MR) is 125 cm³/mol. The number of carboxylic acid groups (broad SMARTS) is 1. The number of guanidine groups is 1. The van der Waals surface area contributed by atoms with Crippen molar-refractivity contribution in [2.24, 2.45) is 33.7 Å². The van der Waals surface area contributed by atoms with Gasteiger partial charge in [-0.2, -0.15) is 0 Å². The van der Waals surface area contributed by atoms with Gasteiger partial charge in [0.2, 0.25) is 29.5 Å². The van der Waals surface area contributed by atoms with Crippen LogP contribution in [0.5, 0.6) is 0 Å². The molecule has 36 heavy (non-hydrogen) atoms. The molecule has 0 aromatic rings. The van der Waals surface area contributed by atoms with Gasteiger partial charge in [0.25, 0.3) is 0 Å². The molecule has 0 aliphatic rings. The Balaban J connectivity index is 5.31. The van der Waals surface area contributed by atoms with Crippen LogP contribution in [0.2, 0.25) is 0 Å². The number of hydrogen-bond donors (Lipinski definition) is 10. The van der Waals surface area contributed by atoms with E-state index in [-0.39, 0.29) is 51.0 Å². The molecule has 4 unspecified atom stereocenters. The van der Waals surface area contributed by atoms with Crippen LogP contribution < -0.4 is 44.6 Å². The number of nitrogens with zero attached hydrogens (tertiary/aromatic N) is 1. The van der Waals surface area contributed by atoms with E-state index in [4.69, 9.17) is 28.7 Å². The molecule has 15 N–H and O–H groups in total. The molecule has 0 rings (SSSR count). The third kappa shape index (κ3) is 13.7. The number of aliphatic hydroxyl groups excluding tert-OH is 1. The van der Waals surface area contributed by atoms with E-state index in [1.807, 2.05) is 0 Å². The van der Waals surface area contributed by atoms with Gasteiger partial charge in [-0.15, -0.1) is 0 Å². The average Bonchev–Trinajstić information content (AvgIpc) is 2.79. The minimum absolute atomic E-state index is 0.0488. The molecule has 0 fully saturated rings. The highest BCUT2D eigenvalue weighted by Crippen LogP contribution is 2.04. The molecule has 17 nitrogen and oxygen atoms in total. The summed E-state index contributed by atoms with van der Waals surface area (Å²) in [5.41, 5.74) is 26.1. The van der Waals surface area contributed by atoms with Crippen LogP contribution in [0.3, 0.4) is 0 Å². The Kier molecular flexibility index (Phi) is 14.8. The van der Waals surface area contributed by atoms with Crippen molar-refractivity contribution in [3.8, 4) is 0 Å². The van der Waals surface area contributed by atoms with Gasteiger partial charge in [0.05, 0.1) is 12.6 Å². The van der Waals surface area contributed by atoms with Gasteiger partial charge in [-0.1, -0.05) is 0 Å². The molecule has 0 aliphatic carbocycles. The maximum absolute atomic E-state index is 12.7. The SMILES string of the molecule is NC(=O)CCC(N)C(=O)NC(CO)C(=O)NC(CCC(N)=O)C(=O)NC(CCCN=C(N)N)C(=O)O. The van der Waals surface area contributed by atoms with Crippen molar-refractivity contribution >= 4 is 41.5 Å². The van der Waals surface area contributed by atoms with Crippen LogP contribution in [0.25, 0.3) is 0 Å². The summed E-state index contributed by atoms with van der Waals surface area (Å²) in [6, 6.07) is -5.55. The molecular weight excluding hydrogens is 482 g/mol. The zero-order chi connectivity index (χ0) is 27.8. The molecule has 0 aromatic heterocycles. The summed E-state index contributed by atoms with van der Waals surface area (Å²) in [4.78, 5) is 74.7. The fraction of sp³-hybridized carbons (Fsp3) is 0.632. The standard InChI is InChI=1S/C19H35N9O8/c20-9(3-5-13(21)30)15(32)28-12(8-29)17(34)26-10(4-6-14(22)31)16(33)27-11(18(35)36)2-1-7-25-19(23)24/h9-12,29H,1-8,20H2,(H2,21,30)(H2,22,31)(H,26,34)(H,27,33)(H,28,32)(H,35,36)(H4,23,24,25). The van der Waals surface area contributed by atoms with Crippen molar-refractivity contribution in [2.45, 2.75) is 62.7 Å². The lowest BCUT2D eigenvalue weighted by Crippen LogP contribution is -2.58. The van der Waals surface area contributed by atoms with E-state index in [0.29, 0.717) is 0 Å². The van der Waals surface area contributed by atoms with Crippen LogP contribution in [0.15, 0.2) is 4.99 Å². The molecule has 17 heteroatoms. The second-order valence-electron chi connectivity index (χ2n) is 7.77. The second kappa shape index (κ2) is 16.6. The molecular formula is C19H35N9O8. The molecule has 0 aliphatic heterocycles. The molecule has 0 saturated heterocycles. The quantitative estimate of drug-likeness (QED) is 0.0464. The highest BCUT2D eigenvalue weighted by Gasteiger charge is 2.30. The largest absolute Gasteiger partial charge is 0.480 e. The van der Waals surface area contributed by atoms with E-state index in [9.17, 15) is 39.0 Å². The maximum atomic E-state index is 12.7. The Labute approximate surface area is 206 Å². The van der Waals surface area contributed by atoms with Gasteiger partial charge in [0.1, 0.15) is 18.1 Å². The van der Waals surface area contributed by atoms with Crippen LogP contribution >= 0.6 is 0 Å². The Morgan fingerprint density at radius 2 is 1.22 bits per heavy atom. The molecule has 204 valence electrons. The van der Waals surface area contributed by atoms with Crippen molar-refractivity contribution in [1.82, 2.24) is 16.0 Å².